The second kappa shape index (κ2) is 10.6. The van der Waals surface area contributed by atoms with E-state index < -0.39 is 16.1 Å². The maximum atomic E-state index is 13.8. The number of carbonyl (C=O) groups excluding carboxylic acids is 1. The molecule has 1 aliphatic heterocycles. The third-order valence-corrected chi connectivity index (χ3v) is 9.98. The number of nitrogens with zero attached hydrogens (tertiary/aromatic N) is 4. The number of aryl methyl sites for hydroxylation is 1. The average molecular weight is 550 g/mol. The van der Waals surface area contributed by atoms with Gasteiger partial charge < -0.3 is 4.90 Å². The van der Waals surface area contributed by atoms with Crippen LogP contribution in [0.4, 0.5) is 5.13 Å². The van der Waals surface area contributed by atoms with Crippen LogP contribution in [0.15, 0.2) is 33.9 Å². The van der Waals surface area contributed by atoms with E-state index in [0.29, 0.717) is 42.6 Å². The lowest BCUT2D eigenvalue weighted by molar-refractivity contribution is -0.121. The quantitative estimate of drug-likeness (QED) is 0.434. The van der Waals surface area contributed by atoms with Crippen LogP contribution in [0.1, 0.15) is 18.4 Å². The molecule has 180 valence electrons. The SMILES string of the molecule is Cc1cc(Cl)cc2sc(N(CCN(C)C)C(=O)C3CCCN3S(=O)(=O)c3cccs3)nc12.Cl. The Balaban J connectivity index is 0.00000306. The van der Waals surface area contributed by atoms with Gasteiger partial charge in [-0.15, -0.1) is 23.7 Å². The van der Waals surface area contributed by atoms with Gasteiger partial charge in [0.15, 0.2) is 5.13 Å². The number of thiophene rings is 1. The standard InChI is InChI=1S/C21H25ClN4O3S3.ClH/c1-14-12-15(22)13-17-19(14)23-21(31-17)25(10-9-24(2)3)20(27)16-6-4-8-26(16)32(28,29)18-7-5-11-30-18;/h5,7,11-13,16H,4,6,8-10H2,1-3H3;1H. The molecule has 1 aromatic carbocycles. The van der Waals surface area contributed by atoms with Crippen molar-refractivity contribution in [2.45, 2.75) is 30.0 Å². The molecule has 33 heavy (non-hydrogen) atoms. The fourth-order valence-electron chi connectivity index (χ4n) is 3.84. The van der Waals surface area contributed by atoms with E-state index in [2.05, 4.69) is 0 Å². The lowest BCUT2D eigenvalue weighted by atomic mass is 10.2. The molecule has 1 amide bonds. The average Bonchev–Trinajstić information content (AvgIpc) is 3.47. The van der Waals surface area contributed by atoms with Gasteiger partial charge in [0.05, 0.1) is 10.2 Å². The summed E-state index contributed by atoms with van der Waals surface area (Å²) in [7, 11) is 0.163. The minimum atomic E-state index is -3.71. The van der Waals surface area contributed by atoms with E-state index in [9.17, 15) is 13.2 Å². The number of fused-ring (bicyclic) bond motifs is 1. The Morgan fingerprint density at radius 1 is 1.30 bits per heavy atom. The summed E-state index contributed by atoms with van der Waals surface area (Å²) in [5.74, 6) is -0.229. The summed E-state index contributed by atoms with van der Waals surface area (Å²) in [6, 6.07) is 6.27. The first-order chi connectivity index (χ1) is 15.2. The zero-order valence-electron chi connectivity index (χ0n) is 18.5. The smallest absolute Gasteiger partial charge is 0.253 e. The highest BCUT2D eigenvalue weighted by Gasteiger charge is 2.42. The lowest BCUT2D eigenvalue weighted by Gasteiger charge is -2.29. The first-order valence-electron chi connectivity index (χ1n) is 10.3. The van der Waals surface area contributed by atoms with E-state index in [-0.39, 0.29) is 22.5 Å². The minimum Gasteiger partial charge on any atom is -0.308 e. The van der Waals surface area contributed by atoms with E-state index in [0.717, 1.165) is 15.8 Å². The van der Waals surface area contributed by atoms with Crippen molar-refractivity contribution in [2.75, 3.05) is 38.6 Å². The van der Waals surface area contributed by atoms with Gasteiger partial charge in [-0.05, 0) is 63.0 Å². The van der Waals surface area contributed by atoms with Gasteiger partial charge in [0.2, 0.25) is 5.91 Å². The van der Waals surface area contributed by atoms with Gasteiger partial charge in [-0.25, -0.2) is 13.4 Å². The molecule has 1 atom stereocenters. The number of rotatable bonds is 7. The molecule has 0 N–H and O–H groups in total. The second-order valence-electron chi connectivity index (χ2n) is 8.06. The number of thiazole rings is 1. The zero-order valence-corrected chi connectivity index (χ0v) is 22.5. The van der Waals surface area contributed by atoms with E-state index in [4.69, 9.17) is 16.6 Å². The van der Waals surface area contributed by atoms with Gasteiger partial charge in [-0.1, -0.05) is 29.0 Å². The molecular formula is C21H26Cl2N4O3S3. The highest BCUT2D eigenvalue weighted by atomic mass is 35.5. The number of hydrogen-bond donors (Lipinski definition) is 0. The third kappa shape index (κ3) is 5.37. The highest BCUT2D eigenvalue weighted by molar-refractivity contribution is 7.91. The van der Waals surface area contributed by atoms with E-state index in [1.54, 1.807) is 22.4 Å². The summed E-state index contributed by atoms with van der Waals surface area (Å²) in [6.07, 6.45) is 1.15. The first kappa shape index (κ1) is 26.3. The van der Waals surface area contributed by atoms with Crippen LogP contribution in [0.2, 0.25) is 5.02 Å². The molecular weight excluding hydrogens is 523 g/mol. The molecule has 3 heterocycles. The van der Waals surface area contributed by atoms with E-state index >= 15 is 0 Å². The van der Waals surface area contributed by atoms with Gasteiger partial charge in [0, 0.05) is 24.7 Å². The monoisotopic (exact) mass is 548 g/mol. The molecule has 3 aromatic rings. The molecule has 1 aliphatic rings. The van der Waals surface area contributed by atoms with Gasteiger partial charge in [-0.2, -0.15) is 4.31 Å². The molecule has 0 aliphatic carbocycles. The lowest BCUT2D eigenvalue weighted by Crippen LogP contribution is -2.49. The number of aromatic nitrogens is 1. The Labute approximate surface area is 213 Å². The van der Waals surface area contributed by atoms with Crippen LogP contribution >= 0.6 is 46.7 Å². The van der Waals surface area contributed by atoms with Gasteiger partial charge in [0.1, 0.15) is 10.3 Å². The Bertz CT molecular complexity index is 1230. The molecule has 0 spiro atoms. The number of likely N-dealkylation sites (N-methyl/N-ethyl adjacent to an activating group) is 1. The van der Waals surface area contributed by atoms with Gasteiger partial charge in [-0.3, -0.25) is 9.69 Å². The van der Waals surface area contributed by atoms with E-state index in [1.807, 2.05) is 38.1 Å². The predicted octanol–water partition coefficient (Wildman–Crippen LogP) is 4.49. The van der Waals surface area contributed by atoms with Crippen molar-refractivity contribution in [2.24, 2.45) is 0 Å². The molecule has 2 aromatic heterocycles. The second-order valence-corrected chi connectivity index (χ2v) is 12.6. The summed E-state index contributed by atoms with van der Waals surface area (Å²) in [5.41, 5.74) is 1.75. The van der Waals surface area contributed by atoms with Crippen molar-refractivity contribution in [1.29, 1.82) is 0 Å². The molecule has 1 fully saturated rings. The normalized spacial score (nSPS) is 16.9. The van der Waals surface area contributed by atoms with Crippen molar-refractivity contribution in [3.8, 4) is 0 Å². The van der Waals surface area contributed by atoms with Crippen molar-refractivity contribution < 1.29 is 13.2 Å². The van der Waals surface area contributed by atoms with Crippen LogP contribution in [0.5, 0.6) is 0 Å². The summed E-state index contributed by atoms with van der Waals surface area (Å²) in [4.78, 5) is 22.1. The maximum absolute atomic E-state index is 13.8. The van der Waals surface area contributed by atoms with Crippen molar-refractivity contribution in [3.63, 3.8) is 0 Å². The summed E-state index contributed by atoms with van der Waals surface area (Å²) in [5, 5.41) is 2.93. The molecule has 7 nitrogen and oxygen atoms in total. The number of benzene rings is 1. The maximum Gasteiger partial charge on any atom is 0.253 e. The summed E-state index contributed by atoms with van der Waals surface area (Å²) >= 11 is 8.79. The molecule has 12 heteroatoms. The van der Waals surface area contributed by atoms with E-state index in [1.165, 1.54) is 27.0 Å². The fourth-order valence-corrected chi connectivity index (χ4v) is 8.06. The largest absolute Gasteiger partial charge is 0.308 e. The molecule has 0 radical (unpaired) electrons. The topological polar surface area (TPSA) is 73.8 Å². The van der Waals surface area contributed by atoms with Crippen molar-refractivity contribution >= 4 is 78.0 Å². The number of hydrogen-bond acceptors (Lipinski definition) is 7. The Kier molecular flexibility index (Phi) is 8.42. The molecule has 0 saturated carbocycles. The van der Waals surface area contributed by atoms with Crippen LogP contribution in [0.3, 0.4) is 0 Å². The van der Waals surface area contributed by atoms with Crippen LogP contribution in [-0.2, 0) is 14.8 Å². The van der Waals surface area contributed by atoms with Gasteiger partial charge in [0.25, 0.3) is 10.0 Å². The van der Waals surface area contributed by atoms with Crippen LogP contribution in [0.25, 0.3) is 10.2 Å². The third-order valence-electron chi connectivity index (χ3n) is 5.45. The van der Waals surface area contributed by atoms with Crippen molar-refractivity contribution in [1.82, 2.24) is 14.2 Å². The molecule has 1 unspecified atom stereocenters. The van der Waals surface area contributed by atoms with Crippen LogP contribution < -0.4 is 4.90 Å². The van der Waals surface area contributed by atoms with Gasteiger partial charge >= 0.3 is 0 Å². The number of amides is 1. The van der Waals surface area contributed by atoms with Crippen molar-refractivity contribution in [3.05, 3.63) is 40.2 Å². The molecule has 1 saturated heterocycles. The number of anilines is 1. The number of sulfonamides is 1. The zero-order chi connectivity index (χ0) is 23.0. The van der Waals surface area contributed by atoms with Crippen LogP contribution in [-0.4, -0.2) is 68.3 Å². The molecule has 0 bridgehead atoms. The Morgan fingerprint density at radius 2 is 2.06 bits per heavy atom. The minimum absolute atomic E-state index is 0. The molecule has 4 rings (SSSR count). The first-order valence-corrected chi connectivity index (χ1v) is 13.8. The number of carbonyl (C=O) groups is 1. The number of halogens is 2. The fraction of sp³-hybridized carbons (Fsp3) is 0.429. The summed E-state index contributed by atoms with van der Waals surface area (Å²) < 4.78 is 28.9. The Morgan fingerprint density at radius 3 is 2.73 bits per heavy atom. The predicted molar refractivity (Wildman–Crippen MR) is 139 cm³/mol. The Hall–Kier alpha value is -1.27. The van der Waals surface area contributed by atoms with Crippen LogP contribution in [0, 0.1) is 6.92 Å². The summed E-state index contributed by atoms with van der Waals surface area (Å²) in [6.45, 7) is 3.33. The highest BCUT2D eigenvalue weighted by Crippen LogP contribution is 2.35.